The highest BCUT2D eigenvalue weighted by Gasteiger charge is 2.29. The minimum absolute atomic E-state index is 0.0577. The summed E-state index contributed by atoms with van der Waals surface area (Å²) in [4.78, 5) is 25.3. The first-order chi connectivity index (χ1) is 11.1. The molecule has 0 aromatic carbocycles. The van der Waals surface area contributed by atoms with Crippen LogP contribution in [0.1, 0.15) is 42.5 Å². The smallest absolute Gasteiger partial charge is 0.274 e. The molecule has 2 aromatic rings. The van der Waals surface area contributed by atoms with Gasteiger partial charge in [-0.25, -0.2) is 0 Å². The number of amides is 2. The molecule has 0 radical (unpaired) electrons. The van der Waals surface area contributed by atoms with E-state index in [1.165, 1.54) is 6.92 Å². The van der Waals surface area contributed by atoms with E-state index in [1.54, 1.807) is 21.7 Å². The van der Waals surface area contributed by atoms with Gasteiger partial charge in [0.05, 0.1) is 6.04 Å². The fraction of sp³-hybridized carbons (Fsp3) is 0.467. The second kappa shape index (κ2) is 6.23. The van der Waals surface area contributed by atoms with Crippen molar-refractivity contribution in [3.63, 3.8) is 0 Å². The largest absolute Gasteiger partial charge is 0.335 e. The Balaban J connectivity index is 1.64. The molecule has 0 unspecified atom stereocenters. The first kappa shape index (κ1) is 15.3. The summed E-state index contributed by atoms with van der Waals surface area (Å²) in [6.07, 6.45) is 3.48. The van der Waals surface area contributed by atoms with Crippen LogP contribution in [0.2, 0.25) is 0 Å². The highest BCUT2D eigenvalue weighted by atomic mass is 16.2. The molecule has 1 fully saturated rings. The number of aromatic amines is 1. The van der Waals surface area contributed by atoms with Crippen LogP contribution in [0.25, 0.3) is 0 Å². The number of anilines is 1. The molecule has 1 aliphatic heterocycles. The van der Waals surface area contributed by atoms with Crippen molar-refractivity contribution >= 4 is 17.6 Å². The van der Waals surface area contributed by atoms with Gasteiger partial charge in [-0.1, -0.05) is 6.92 Å². The SMILES string of the molecule is CCc1cc(C(=O)N2CC[C@@H](n3ccc(NC(C)=O)n3)C2)n[nH]1. The van der Waals surface area contributed by atoms with E-state index in [2.05, 4.69) is 20.6 Å². The summed E-state index contributed by atoms with van der Waals surface area (Å²) in [5.74, 6) is 0.323. The van der Waals surface area contributed by atoms with Gasteiger partial charge in [-0.05, 0) is 18.9 Å². The lowest BCUT2D eigenvalue weighted by Crippen LogP contribution is -2.29. The van der Waals surface area contributed by atoms with Crippen molar-refractivity contribution in [3.05, 3.63) is 29.7 Å². The number of carbonyl (C=O) groups excluding carboxylic acids is 2. The van der Waals surface area contributed by atoms with Gasteiger partial charge < -0.3 is 10.2 Å². The van der Waals surface area contributed by atoms with Gasteiger partial charge >= 0.3 is 0 Å². The molecule has 0 saturated carbocycles. The number of rotatable bonds is 4. The number of aromatic nitrogens is 4. The Morgan fingerprint density at radius 1 is 1.48 bits per heavy atom. The van der Waals surface area contributed by atoms with Gasteiger partial charge in [0.1, 0.15) is 5.69 Å². The number of carbonyl (C=O) groups is 2. The highest BCUT2D eigenvalue weighted by molar-refractivity contribution is 5.92. The van der Waals surface area contributed by atoms with E-state index >= 15 is 0 Å². The zero-order chi connectivity index (χ0) is 16.4. The summed E-state index contributed by atoms with van der Waals surface area (Å²) in [5.41, 5.74) is 1.41. The lowest BCUT2D eigenvalue weighted by atomic mass is 10.3. The normalized spacial score (nSPS) is 17.5. The van der Waals surface area contributed by atoms with Crippen LogP contribution in [-0.2, 0) is 11.2 Å². The summed E-state index contributed by atoms with van der Waals surface area (Å²) in [6, 6.07) is 3.68. The first-order valence-electron chi connectivity index (χ1n) is 7.73. The predicted octanol–water partition coefficient (Wildman–Crippen LogP) is 1.21. The summed E-state index contributed by atoms with van der Waals surface area (Å²) in [5, 5.41) is 13.9. The molecule has 1 saturated heterocycles. The molecule has 1 aliphatic rings. The van der Waals surface area contributed by atoms with E-state index < -0.39 is 0 Å². The van der Waals surface area contributed by atoms with E-state index in [0.29, 0.717) is 24.6 Å². The van der Waals surface area contributed by atoms with Crippen LogP contribution >= 0.6 is 0 Å². The second-order valence-electron chi connectivity index (χ2n) is 5.69. The zero-order valence-corrected chi connectivity index (χ0v) is 13.2. The van der Waals surface area contributed by atoms with Gasteiger partial charge in [-0.2, -0.15) is 10.2 Å². The Morgan fingerprint density at radius 2 is 2.30 bits per heavy atom. The average Bonchev–Trinajstić information content (AvgIpc) is 3.25. The molecule has 8 heteroatoms. The maximum Gasteiger partial charge on any atom is 0.274 e. The lowest BCUT2D eigenvalue weighted by Gasteiger charge is -2.15. The maximum absolute atomic E-state index is 12.5. The van der Waals surface area contributed by atoms with Crippen LogP contribution in [0.3, 0.4) is 0 Å². The third kappa shape index (κ3) is 3.25. The van der Waals surface area contributed by atoms with Crippen molar-refractivity contribution in [2.24, 2.45) is 0 Å². The van der Waals surface area contributed by atoms with Crippen LogP contribution in [0.15, 0.2) is 18.3 Å². The molecule has 1 atom stereocenters. The first-order valence-corrected chi connectivity index (χ1v) is 7.73. The third-order valence-electron chi connectivity index (χ3n) is 3.97. The maximum atomic E-state index is 12.5. The second-order valence-corrected chi connectivity index (χ2v) is 5.69. The fourth-order valence-electron chi connectivity index (χ4n) is 2.74. The molecule has 122 valence electrons. The molecule has 3 heterocycles. The number of hydrogen-bond donors (Lipinski definition) is 2. The molecule has 2 amide bonds. The third-order valence-corrected chi connectivity index (χ3v) is 3.97. The summed E-state index contributed by atoms with van der Waals surface area (Å²) in [6.45, 7) is 4.73. The van der Waals surface area contributed by atoms with Crippen molar-refractivity contribution in [1.82, 2.24) is 24.9 Å². The molecule has 8 nitrogen and oxygen atoms in total. The Hall–Kier alpha value is -2.64. The van der Waals surface area contributed by atoms with Crippen LogP contribution in [0, 0.1) is 0 Å². The van der Waals surface area contributed by atoms with Crippen LogP contribution < -0.4 is 5.32 Å². The lowest BCUT2D eigenvalue weighted by molar-refractivity contribution is -0.114. The van der Waals surface area contributed by atoms with Gasteiger partial charge in [0.15, 0.2) is 5.82 Å². The molecule has 23 heavy (non-hydrogen) atoms. The summed E-state index contributed by atoms with van der Waals surface area (Å²) < 4.78 is 1.81. The summed E-state index contributed by atoms with van der Waals surface area (Å²) in [7, 11) is 0. The summed E-state index contributed by atoms with van der Waals surface area (Å²) >= 11 is 0. The van der Waals surface area contributed by atoms with Crippen molar-refractivity contribution in [3.8, 4) is 0 Å². The van der Waals surface area contributed by atoms with Crippen molar-refractivity contribution in [2.45, 2.75) is 32.7 Å². The number of nitrogens with zero attached hydrogens (tertiary/aromatic N) is 4. The van der Waals surface area contributed by atoms with E-state index in [9.17, 15) is 9.59 Å². The monoisotopic (exact) mass is 316 g/mol. The van der Waals surface area contributed by atoms with Gasteiger partial charge in [-0.3, -0.25) is 19.4 Å². The number of hydrogen-bond acceptors (Lipinski definition) is 4. The van der Waals surface area contributed by atoms with Crippen molar-refractivity contribution in [1.29, 1.82) is 0 Å². The molecule has 0 aliphatic carbocycles. The number of nitrogens with one attached hydrogen (secondary N) is 2. The molecule has 0 bridgehead atoms. The van der Waals surface area contributed by atoms with Gasteiger partial charge in [0.25, 0.3) is 5.91 Å². The average molecular weight is 316 g/mol. The van der Waals surface area contributed by atoms with Crippen LogP contribution in [0.5, 0.6) is 0 Å². The fourth-order valence-corrected chi connectivity index (χ4v) is 2.74. The van der Waals surface area contributed by atoms with Crippen LogP contribution in [0.4, 0.5) is 5.82 Å². The molecule has 0 spiro atoms. The molecule has 2 aromatic heterocycles. The Kier molecular flexibility index (Phi) is 4.14. The molecule has 2 N–H and O–H groups in total. The molecular weight excluding hydrogens is 296 g/mol. The van der Waals surface area contributed by atoms with E-state index in [-0.39, 0.29) is 17.9 Å². The standard InChI is InChI=1S/C15H20N6O2/c1-3-11-8-13(18-17-11)15(23)20-6-4-12(9-20)21-7-5-14(19-21)16-10(2)22/h5,7-8,12H,3-4,6,9H2,1-2H3,(H,17,18)(H,16,19,22)/t12-/m1/s1. The Morgan fingerprint density at radius 3 is 3.00 bits per heavy atom. The number of aryl methyl sites for hydroxylation is 1. The van der Waals surface area contributed by atoms with E-state index in [0.717, 1.165) is 18.5 Å². The Labute approximate surface area is 133 Å². The molecule has 3 rings (SSSR count). The van der Waals surface area contributed by atoms with E-state index in [1.807, 2.05) is 13.1 Å². The van der Waals surface area contributed by atoms with Crippen molar-refractivity contribution < 1.29 is 9.59 Å². The van der Waals surface area contributed by atoms with Crippen molar-refractivity contribution in [2.75, 3.05) is 18.4 Å². The van der Waals surface area contributed by atoms with Gasteiger partial charge in [-0.15, -0.1) is 0 Å². The van der Waals surface area contributed by atoms with E-state index in [4.69, 9.17) is 0 Å². The minimum Gasteiger partial charge on any atom is -0.335 e. The van der Waals surface area contributed by atoms with Gasteiger partial charge in [0, 0.05) is 38.0 Å². The number of H-pyrrole nitrogens is 1. The number of likely N-dealkylation sites (tertiary alicyclic amines) is 1. The highest BCUT2D eigenvalue weighted by Crippen LogP contribution is 2.23. The Bertz CT molecular complexity index is 719. The van der Waals surface area contributed by atoms with Gasteiger partial charge in [0.2, 0.25) is 5.91 Å². The predicted molar refractivity (Wildman–Crippen MR) is 84.1 cm³/mol. The molecular formula is C15H20N6O2. The van der Waals surface area contributed by atoms with Crippen LogP contribution in [-0.4, -0.2) is 49.8 Å². The minimum atomic E-state index is -0.149. The topological polar surface area (TPSA) is 95.9 Å². The zero-order valence-electron chi connectivity index (χ0n) is 13.2. The quantitative estimate of drug-likeness (QED) is 0.886.